The van der Waals surface area contributed by atoms with Gasteiger partial charge in [-0.25, -0.2) is 21.6 Å². The first-order chi connectivity index (χ1) is 30.6. The van der Waals surface area contributed by atoms with E-state index in [4.69, 9.17) is 21.1 Å². The summed E-state index contributed by atoms with van der Waals surface area (Å²) >= 11 is 6.53. The lowest BCUT2D eigenvalue weighted by Gasteiger charge is -2.53. The molecule has 13 nitrogen and oxygen atoms in total. The number of fused-ring (bicyclic) bond motifs is 5. The van der Waals surface area contributed by atoms with E-state index in [0.29, 0.717) is 69.6 Å². The number of sulfone groups is 1. The van der Waals surface area contributed by atoms with Gasteiger partial charge in [0.15, 0.2) is 0 Å². The summed E-state index contributed by atoms with van der Waals surface area (Å²) in [6.07, 6.45) is 9.42. The Morgan fingerprint density at radius 3 is 2.55 bits per heavy atom. The summed E-state index contributed by atoms with van der Waals surface area (Å²) in [6.45, 7) is 9.30. The van der Waals surface area contributed by atoms with Crippen molar-refractivity contribution >= 4 is 48.3 Å². The van der Waals surface area contributed by atoms with E-state index in [1.807, 2.05) is 13.0 Å². The van der Waals surface area contributed by atoms with Crippen molar-refractivity contribution in [2.75, 3.05) is 77.5 Å². The zero-order valence-corrected chi connectivity index (χ0v) is 39.3. The molecule has 1 N–H and O–H groups in total. The number of methoxy groups -OCH3 is 1. The Morgan fingerprint density at radius 2 is 1.78 bits per heavy atom. The van der Waals surface area contributed by atoms with Gasteiger partial charge in [0.25, 0.3) is 15.7 Å². The maximum atomic E-state index is 13.8. The summed E-state index contributed by atoms with van der Waals surface area (Å²) in [6, 6.07) is 19.3. The van der Waals surface area contributed by atoms with Crippen molar-refractivity contribution in [2.24, 2.45) is 17.8 Å². The van der Waals surface area contributed by atoms with Crippen molar-refractivity contribution in [2.45, 2.75) is 79.6 Å². The van der Waals surface area contributed by atoms with Gasteiger partial charge in [0, 0.05) is 88.1 Å². The van der Waals surface area contributed by atoms with Gasteiger partial charge < -0.3 is 19.3 Å². The van der Waals surface area contributed by atoms with Crippen LogP contribution in [0.25, 0.3) is 0 Å². The van der Waals surface area contributed by atoms with Gasteiger partial charge in [-0.1, -0.05) is 54.9 Å². The van der Waals surface area contributed by atoms with E-state index in [9.17, 15) is 26.4 Å². The third kappa shape index (κ3) is 8.49. The van der Waals surface area contributed by atoms with E-state index in [-0.39, 0.29) is 39.7 Å². The van der Waals surface area contributed by atoms with Crippen molar-refractivity contribution in [1.29, 1.82) is 0 Å². The quantitative estimate of drug-likeness (QED) is 0.300. The maximum Gasteiger partial charge on any atom is 0.343 e. The van der Waals surface area contributed by atoms with Gasteiger partial charge in [-0.15, -0.1) is 0 Å². The number of sulfonamides is 1. The van der Waals surface area contributed by atoms with Gasteiger partial charge in [0.2, 0.25) is 10.0 Å². The van der Waals surface area contributed by atoms with E-state index in [1.54, 1.807) is 50.4 Å². The number of aryl methyl sites for hydroxylation is 1. The number of carbonyl (C=O) groups excluding carboxylic acids is 2. The van der Waals surface area contributed by atoms with E-state index in [1.165, 1.54) is 28.2 Å². The zero-order chi connectivity index (χ0) is 45.0. The lowest BCUT2D eigenvalue weighted by Crippen LogP contribution is -2.65. The van der Waals surface area contributed by atoms with E-state index in [0.717, 1.165) is 50.9 Å². The normalized spacial score (nSPS) is 31.6. The van der Waals surface area contributed by atoms with Crippen LogP contribution in [0, 0.1) is 17.8 Å². The fourth-order valence-electron chi connectivity index (χ4n) is 11.4. The predicted molar refractivity (Wildman–Crippen MR) is 247 cm³/mol. The topological polar surface area (TPSA) is 146 Å². The molecule has 2 bridgehead atoms. The maximum absolute atomic E-state index is 13.8. The molecule has 0 unspecified atom stereocenters. The van der Waals surface area contributed by atoms with Crippen molar-refractivity contribution in [3.63, 3.8) is 0 Å². The second-order valence-corrected chi connectivity index (χ2v) is 23.4. The Labute approximate surface area is 383 Å². The number of anilines is 1. The molecule has 7 atom stereocenters. The Morgan fingerprint density at radius 1 is 0.984 bits per heavy atom. The molecule has 64 heavy (non-hydrogen) atoms. The lowest BCUT2D eigenvalue weighted by atomic mass is 9.63. The molecule has 6 aliphatic rings. The number of carbonyl (C=O) groups is 2. The van der Waals surface area contributed by atoms with Gasteiger partial charge in [-0.05, 0) is 117 Å². The highest BCUT2D eigenvalue weighted by molar-refractivity contribution is 8.06. The molecule has 344 valence electrons. The SMILES string of the molecule is CO[C@@]1(CN2CCN3CCN(C(=O)S(=O)(=O)c4ccccc4)C[C@H]3C2)/C=C/C[C@H](C)[C@@H](C)S(=O)(=O)NC(=O)c2ccc3c(c2)N(C[C@@H]2CC[C@H]21)C[C@@]1(CCCc2cc(Cl)ccc21)CO3. The third-order valence-corrected chi connectivity index (χ3v) is 19.2. The standard InChI is InChI=1S/C48H60ClN5O8S2/c1-33-9-7-20-48(61-3,31-51-21-22-52-23-24-53(29-39(52)28-51)46(56)63(57,58)40-11-5-4-6-12-40)42-16-13-37(42)27-54-30-47(19-8-10-35-25-38(49)15-17-41(35)47)32-62-44-18-14-36(26-43(44)54)45(55)50-64(59,60)34(33)2/h4-7,11-12,14-15,17-18,20,25-26,33-34,37,39,42H,8-10,13,16,19,21-24,27-32H2,1-3H3,(H,50,55)/b20-7+/t33-,34+,37-,39+,42+,47-,48+/m0/s1. The van der Waals surface area contributed by atoms with Crippen LogP contribution in [0.15, 0.2) is 83.8 Å². The van der Waals surface area contributed by atoms with Crippen LogP contribution >= 0.6 is 11.6 Å². The van der Waals surface area contributed by atoms with Gasteiger partial charge >= 0.3 is 5.24 Å². The summed E-state index contributed by atoms with van der Waals surface area (Å²) in [4.78, 5) is 36.0. The predicted octanol–water partition coefficient (Wildman–Crippen LogP) is 6.16. The first-order valence-corrected chi connectivity index (χ1v) is 26.2. The molecule has 0 aromatic heterocycles. The highest BCUT2D eigenvalue weighted by Crippen LogP contribution is 2.49. The Balaban J connectivity index is 1.04. The largest absolute Gasteiger partial charge is 0.490 e. The van der Waals surface area contributed by atoms with Crippen LogP contribution in [0.4, 0.5) is 10.5 Å². The average molecular weight is 935 g/mol. The van der Waals surface area contributed by atoms with E-state index >= 15 is 0 Å². The van der Waals surface area contributed by atoms with Gasteiger partial charge in [-0.3, -0.25) is 19.4 Å². The molecule has 1 spiro atoms. The Hall–Kier alpha value is -3.99. The van der Waals surface area contributed by atoms with Crippen molar-refractivity contribution in [3.8, 4) is 5.75 Å². The Bertz CT molecular complexity index is 2530. The number of nitrogens with zero attached hydrogens (tertiary/aromatic N) is 4. The number of benzene rings is 3. The van der Waals surface area contributed by atoms with Crippen molar-refractivity contribution < 1.29 is 35.9 Å². The minimum absolute atomic E-state index is 0.00270. The minimum atomic E-state index is -4.18. The Kier molecular flexibility index (Phi) is 12.5. The van der Waals surface area contributed by atoms with E-state index in [2.05, 4.69) is 43.7 Å². The highest BCUT2D eigenvalue weighted by Gasteiger charge is 2.51. The van der Waals surface area contributed by atoms with Gasteiger partial charge in [0.05, 0.1) is 22.4 Å². The highest BCUT2D eigenvalue weighted by atomic mass is 35.5. The van der Waals surface area contributed by atoms with Crippen LogP contribution in [-0.2, 0) is 36.4 Å². The number of nitrogens with one attached hydrogen (secondary N) is 1. The lowest BCUT2D eigenvalue weighted by molar-refractivity contribution is -0.101. The smallest absolute Gasteiger partial charge is 0.343 e. The molecule has 3 fully saturated rings. The minimum Gasteiger partial charge on any atom is -0.490 e. The fraction of sp³-hybridized carbons (Fsp3) is 0.542. The van der Waals surface area contributed by atoms with Gasteiger partial charge in [0.1, 0.15) is 11.4 Å². The molecule has 1 saturated carbocycles. The summed E-state index contributed by atoms with van der Waals surface area (Å²) in [5.41, 5.74) is 2.40. The monoisotopic (exact) mass is 933 g/mol. The van der Waals surface area contributed by atoms with Crippen LogP contribution < -0.4 is 14.4 Å². The van der Waals surface area contributed by atoms with Crippen LogP contribution in [-0.4, -0.2) is 132 Å². The van der Waals surface area contributed by atoms with Crippen LogP contribution in [0.2, 0.25) is 5.02 Å². The van der Waals surface area contributed by atoms with Crippen LogP contribution in [0.3, 0.4) is 0 Å². The second kappa shape index (κ2) is 17.7. The molecule has 2 aliphatic carbocycles. The summed E-state index contributed by atoms with van der Waals surface area (Å²) in [7, 11) is -6.45. The molecular weight excluding hydrogens is 874 g/mol. The molecule has 16 heteroatoms. The third-order valence-electron chi connectivity index (χ3n) is 15.4. The summed E-state index contributed by atoms with van der Waals surface area (Å²) in [5.74, 6) is -0.0181. The van der Waals surface area contributed by atoms with Crippen LogP contribution in [0.5, 0.6) is 5.75 Å². The molecule has 2 saturated heterocycles. The number of allylic oxidation sites excluding steroid dienone is 1. The summed E-state index contributed by atoms with van der Waals surface area (Å²) < 4.78 is 70.2. The number of hydrogen-bond donors (Lipinski definition) is 1. The zero-order valence-electron chi connectivity index (χ0n) is 37.0. The molecule has 9 rings (SSSR count). The number of rotatable bonds is 4. The van der Waals surface area contributed by atoms with Crippen molar-refractivity contribution in [3.05, 3.63) is 101 Å². The van der Waals surface area contributed by atoms with Crippen molar-refractivity contribution in [1.82, 2.24) is 19.4 Å². The number of hydrogen-bond acceptors (Lipinski definition) is 11. The fourth-order valence-corrected chi connectivity index (χ4v) is 14.1. The number of piperazine rings is 2. The average Bonchev–Trinajstić information content (AvgIpc) is 3.43. The van der Waals surface area contributed by atoms with Gasteiger partial charge in [-0.2, -0.15) is 0 Å². The molecule has 2 amide bonds. The molecule has 3 aromatic rings. The second-order valence-electron chi connectivity index (χ2n) is 19.1. The molecule has 4 heterocycles. The first kappa shape index (κ1) is 45.2. The van der Waals surface area contributed by atoms with E-state index < -0.39 is 41.9 Å². The molecule has 4 aliphatic heterocycles. The van der Waals surface area contributed by atoms with Crippen LogP contribution in [0.1, 0.15) is 67.4 Å². The molecule has 3 aromatic carbocycles. The number of ether oxygens (including phenoxy) is 2. The number of amides is 2. The number of halogens is 1. The molecule has 0 radical (unpaired) electrons. The first-order valence-electron chi connectivity index (χ1n) is 22.8. The summed E-state index contributed by atoms with van der Waals surface area (Å²) in [5, 5.41) is -1.01. The molecular formula is C48H60ClN5O8S2.